The van der Waals surface area contributed by atoms with Crippen molar-refractivity contribution in [3.8, 4) is 0 Å². The van der Waals surface area contributed by atoms with E-state index in [0.717, 1.165) is 18.3 Å². The molecule has 0 radical (unpaired) electrons. The van der Waals surface area contributed by atoms with Crippen LogP contribution in [0.25, 0.3) is 0 Å². The number of Topliss-reactive ketones (excluding diaryl/α,β-unsaturated/α-hetero) is 1. The van der Waals surface area contributed by atoms with Crippen molar-refractivity contribution in [1.82, 2.24) is 0 Å². The van der Waals surface area contributed by atoms with Gasteiger partial charge >= 0.3 is 0 Å². The van der Waals surface area contributed by atoms with Crippen LogP contribution in [0.3, 0.4) is 0 Å². The highest BCUT2D eigenvalue weighted by Crippen LogP contribution is 2.38. The minimum atomic E-state index is 0.406. The Labute approximate surface area is 106 Å². The molecule has 0 heterocycles. The van der Waals surface area contributed by atoms with Gasteiger partial charge in [0, 0.05) is 12.3 Å². The fraction of sp³-hybridized carbons (Fsp3) is 0.938. The normalized spacial score (nSPS) is 22.5. The monoisotopic (exact) mass is 236 g/mol. The van der Waals surface area contributed by atoms with Gasteiger partial charge in [-0.05, 0) is 37.0 Å². The number of hydrogen-bond donors (Lipinski definition) is 0. The van der Waals surface area contributed by atoms with Gasteiger partial charge in [-0.3, -0.25) is 4.79 Å². The van der Waals surface area contributed by atoms with E-state index >= 15 is 0 Å². The van der Waals surface area contributed by atoms with Gasteiger partial charge in [-0.2, -0.15) is 0 Å². The smallest absolute Gasteiger partial charge is 0.136 e. The van der Waals surface area contributed by atoms with E-state index in [1.807, 2.05) is 0 Å². The Morgan fingerprint density at radius 1 is 1.12 bits per heavy atom. The Morgan fingerprint density at radius 3 is 2.29 bits per heavy atom. The summed E-state index contributed by atoms with van der Waals surface area (Å²) in [5.74, 6) is 3.37. The van der Waals surface area contributed by atoms with Crippen molar-refractivity contribution < 1.29 is 4.79 Å². The molecule has 98 valence electrons. The van der Waals surface area contributed by atoms with Crippen LogP contribution in [0.4, 0.5) is 0 Å². The minimum Gasteiger partial charge on any atom is -0.299 e. The summed E-state index contributed by atoms with van der Waals surface area (Å²) in [7, 11) is 0. The SMILES string of the molecule is CC(C)CC(=O)C(CCC1CC1)CC1CCC1. The first-order valence-corrected chi connectivity index (χ1v) is 7.68. The first-order chi connectivity index (χ1) is 8.15. The molecule has 1 nitrogen and oxygen atoms in total. The molecule has 2 saturated carbocycles. The zero-order valence-corrected chi connectivity index (χ0v) is 11.6. The van der Waals surface area contributed by atoms with Crippen LogP contribution in [-0.2, 0) is 4.79 Å². The highest BCUT2D eigenvalue weighted by molar-refractivity contribution is 5.81. The largest absolute Gasteiger partial charge is 0.299 e. The fourth-order valence-corrected chi connectivity index (χ4v) is 2.95. The van der Waals surface area contributed by atoms with Crippen molar-refractivity contribution in [1.29, 1.82) is 0 Å². The van der Waals surface area contributed by atoms with Crippen molar-refractivity contribution >= 4 is 5.78 Å². The average Bonchev–Trinajstić information content (AvgIpc) is 2.97. The lowest BCUT2D eigenvalue weighted by atomic mass is 9.76. The van der Waals surface area contributed by atoms with Gasteiger partial charge in [-0.1, -0.05) is 46.0 Å². The summed E-state index contributed by atoms with van der Waals surface area (Å²) in [5, 5.41) is 0. The third-order valence-electron chi connectivity index (χ3n) is 4.53. The van der Waals surface area contributed by atoms with Gasteiger partial charge in [-0.25, -0.2) is 0 Å². The molecule has 0 aromatic carbocycles. The fourth-order valence-electron chi connectivity index (χ4n) is 2.95. The maximum atomic E-state index is 12.3. The van der Waals surface area contributed by atoms with E-state index in [1.165, 1.54) is 51.4 Å². The molecule has 0 amide bonds. The van der Waals surface area contributed by atoms with Crippen molar-refractivity contribution in [2.24, 2.45) is 23.7 Å². The van der Waals surface area contributed by atoms with E-state index in [0.29, 0.717) is 17.6 Å². The summed E-state index contributed by atoms with van der Waals surface area (Å²) in [6.07, 6.45) is 11.5. The Kier molecular flexibility index (Phi) is 4.64. The molecule has 2 fully saturated rings. The predicted octanol–water partition coefficient (Wildman–Crippen LogP) is 4.60. The Hall–Kier alpha value is -0.330. The second kappa shape index (κ2) is 6.02. The van der Waals surface area contributed by atoms with Gasteiger partial charge in [0.1, 0.15) is 5.78 Å². The quantitative estimate of drug-likeness (QED) is 0.602. The van der Waals surface area contributed by atoms with Crippen LogP contribution in [0.1, 0.15) is 71.6 Å². The van der Waals surface area contributed by atoms with E-state index in [1.54, 1.807) is 0 Å². The van der Waals surface area contributed by atoms with Gasteiger partial charge in [0.15, 0.2) is 0 Å². The number of carbonyl (C=O) groups is 1. The van der Waals surface area contributed by atoms with Crippen LogP contribution in [0.2, 0.25) is 0 Å². The molecule has 2 aliphatic rings. The molecule has 0 aromatic heterocycles. The summed E-state index contributed by atoms with van der Waals surface area (Å²) in [4.78, 5) is 12.3. The Morgan fingerprint density at radius 2 is 1.82 bits per heavy atom. The number of ketones is 1. The van der Waals surface area contributed by atoms with E-state index in [4.69, 9.17) is 0 Å². The molecule has 2 aliphatic carbocycles. The zero-order chi connectivity index (χ0) is 12.3. The standard InChI is InChI=1S/C16H28O/c1-12(2)10-16(17)15(9-8-13-6-7-13)11-14-4-3-5-14/h12-15H,3-11H2,1-2H3. The summed E-state index contributed by atoms with van der Waals surface area (Å²) in [6, 6.07) is 0. The average molecular weight is 236 g/mol. The second-order valence-corrected chi connectivity index (χ2v) is 6.81. The predicted molar refractivity (Wildman–Crippen MR) is 71.9 cm³/mol. The van der Waals surface area contributed by atoms with E-state index < -0.39 is 0 Å². The highest BCUT2D eigenvalue weighted by Gasteiger charge is 2.29. The number of hydrogen-bond acceptors (Lipinski definition) is 1. The molecule has 0 aromatic rings. The van der Waals surface area contributed by atoms with Crippen molar-refractivity contribution in [2.75, 3.05) is 0 Å². The van der Waals surface area contributed by atoms with Crippen LogP contribution in [0, 0.1) is 23.7 Å². The van der Waals surface area contributed by atoms with Crippen molar-refractivity contribution in [3.05, 3.63) is 0 Å². The lowest BCUT2D eigenvalue weighted by Gasteiger charge is -2.29. The lowest BCUT2D eigenvalue weighted by Crippen LogP contribution is -2.23. The topological polar surface area (TPSA) is 17.1 Å². The molecule has 1 atom stereocenters. The van der Waals surface area contributed by atoms with E-state index in [2.05, 4.69) is 13.8 Å². The van der Waals surface area contributed by atoms with Gasteiger partial charge in [0.2, 0.25) is 0 Å². The molecule has 1 heteroatoms. The molecule has 1 unspecified atom stereocenters. The first kappa shape index (κ1) is 13.1. The number of rotatable bonds is 8. The molecule has 0 aliphatic heterocycles. The van der Waals surface area contributed by atoms with Crippen LogP contribution >= 0.6 is 0 Å². The van der Waals surface area contributed by atoms with E-state index in [-0.39, 0.29) is 0 Å². The van der Waals surface area contributed by atoms with Crippen LogP contribution in [0.15, 0.2) is 0 Å². The molecular formula is C16H28O. The molecule has 17 heavy (non-hydrogen) atoms. The minimum absolute atomic E-state index is 0.406. The molecule has 0 bridgehead atoms. The molecule has 0 N–H and O–H groups in total. The molecule has 0 spiro atoms. The third kappa shape index (κ3) is 4.44. The van der Waals surface area contributed by atoms with Gasteiger partial charge in [-0.15, -0.1) is 0 Å². The first-order valence-electron chi connectivity index (χ1n) is 7.68. The van der Waals surface area contributed by atoms with Crippen molar-refractivity contribution in [2.45, 2.75) is 71.6 Å². The molecular weight excluding hydrogens is 208 g/mol. The highest BCUT2D eigenvalue weighted by atomic mass is 16.1. The summed E-state index contributed by atoms with van der Waals surface area (Å²) < 4.78 is 0. The van der Waals surface area contributed by atoms with Crippen LogP contribution in [-0.4, -0.2) is 5.78 Å². The maximum Gasteiger partial charge on any atom is 0.136 e. The lowest BCUT2D eigenvalue weighted by molar-refractivity contribution is -0.124. The Bertz CT molecular complexity index is 248. The maximum absolute atomic E-state index is 12.3. The summed E-state index contributed by atoms with van der Waals surface area (Å²) >= 11 is 0. The number of carbonyl (C=O) groups excluding carboxylic acids is 1. The van der Waals surface area contributed by atoms with Crippen LogP contribution < -0.4 is 0 Å². The molecule has 2 rings (SSSR count). The summed E-state index contributed by atoms with van der Waals surface area (Å²) in [6.45, 7) is 4.33. The van der Waals surface area contributed by atoms with Gasteiger partial charge < -0.3 is 0 Å². The second-order valence-electron chi connectivity index (χ2n) is 6.81. The van der Waals surface area contributed by atoms with E-state index in [9.17, 15) is 4.79 Å². The van der Waals surface area contributed by atoms with Gasteiger partial charge in [0.25, 0.3) is 0 Å². The summed E-state index contributed by atoms with van der Waals surface area (Å²) in [5.41, 5.74) is 0. The zero-order valence-electron chi connectivity index (χ0n) is 11.6. The molecule has 0 saturated heterocycles. The Balaban J connectivity index is 1.77. The van der Waals surface area contributed by atoms with Crippen molar-refractivity contribution in [3.63, 3.8) is 0 Å². The third-order valence-corrected chi connectivity index (χ3v) is 4.53. The van der Waals surface area contributed by atoms with Crippen LogP contribution in [0.5, 0.6) is 0 Å². The van der Waals surface area contributed by atoms with Gasteiger partial charge in [0.05, 0.1) is 0 Å².